The van der Waals surface area contributed by atoms with E-state index in [1.165, 1.54) is 0 Å². The Morgan fingerprint density at radius 1 is 1.38 bits per heavy atom. The van der Waals surface area contributed by atoms with Gasteiger partial charge in [0.1, 0.15) is 17.7 Å². The van der Waals surface area contributed by atoms with Gasteiger partial charge in [-0.2, -0.15) is 10.5 Å². The van der Waals surface area contributed by atoms with Gasteiger partial charge < -0.3 is 4.98 Å². The number of nitriles is 2. The summed E-state index contributed by atoms with van der Waals surface area (Å²) in [5, 5.41) is 17.1. The fraction of sp³-hybridized carbons (Fsp3) is 0.200. The molecule has 0 aromatic carbocycles. The topological polar surface area (TPSA) is 63.4 Å². The first-order valence-electron chi connectivity index (χ1n) is 3.85. The molecular weight excluding hydrogens is 162 g/mol. The maximum Gasteiger partial charge on any atom is 0.130 e. The molecule has 0 bridgehead atoms. The monoisotopic (exact) mass is 171 g/mol. The second-order valence-electron chi connectivity index (χ2n) is 2.79. The summed E-state index contributed by atoms with van der Waals surface area (Å²) < 4.78 is 0. The minimum absolute atomic E-state index is 0.130. The van der Waals surface area contributed by atoms with E-state index < -0.39 is 0 Å². The van der Waals surface area contributed by atoms with Crippen molar-refractivity contribution in [2.75, 3.05) is 0 Å². The third kappa shape index (κ3) is 1.77. The van der Waals surface area contributed by atoms with Gasteiger partial charge in [0, 0.05) is 11.9 Å². The molecule has 0 fully saturated rings. The third-order valence-electron chi connectivity index (χ3n) is 1.86. The molecule has 0 aliphatic carbocycles. The van der Waals surface area contributed by atoms with Crippen LogP contribution in [-0.4, -0.2) is 4.98 Å². The quantitative estimate of drug-likeness (QED) is 0.657. The van der Waals surface area contributed by atoms with E-state index in [0.717, 1.165) is 16.8 Å². The lowest BCUT2D eigenvalue weighted by Crippen LogP contribution is -1.79. The number of nitrogens with zero attached hydrogens (tertiary/aromatic N) is 2. The summed E-state index contributed by atoms with van der Waals surface area (Å²) in [6.07, 6.45) is 3.45. The van der Waals surface area contributed by atoms with Crippen molar-refractivity contribution < 1.29 is 0 Å². The van der Waals surface area contributed by atoms with E-state index in [-0.39, 0.29) is 5.57 Å². The zero-order chi connectivity index (χ0) is 9.84. The SMILES string of the molecule is Cc1c[nH]c(C)c1C=C(C#N)C#N. The zero-order valence-electron chi connectivity index (χ0n) is 7.55. The molecule has 3 nitrogen and oxygen atoms in total. The molecule has 1 aromatic rings. The van der Waals surface area contributed by atoms with Crippen molar-refractivity contribution in [3.63, 3.8) is 0 Å². The van der Waals surface area contributed by atoms with Crippen LogP contribution in [0.2, 0.25) is 0 Å². The van der Waals surface area contributed by atoms with Gasteiger partial charge in [0.15, 0.2) is 0 Å². The molecule has 0 amide bonds. The lowest BCUT2D eigenvalue weighted by molar-refractivity contribution is 1.26. The molecule has 0 aliphatic heterocycles. The highest BCUT2D eigenvalue weighted by molar-refractivity contribution is 5.65. The molecule has 1 rings (SSSR count). The Morgan fingerprint density at radius 2 is 2.00 bits per heavy atom. The summed E-state index contributed by atoms with van der Waals surface area (Å²) in [7, 11) is 0. The van der Waals surface area contributed by atoms with Gasteiger partial charge in [0.2, 0.25) is 0 Å². The second-order valence-corrected chi connectivity index (χ2v) is 2.79. The number of aromatic amines is 1. The first kappa shape index (κ1) is 9.09. The largest absolute Gasteiger partial charge is 0.364 e. The summed E-state index contributed by atoms with van der Waals surface area (Å²) in [4.78, 5) is 3.03. The minimum atomic E-state index is 0.130. The summed E-state index contributed by atoms with van der Waals surface area (Å²) in [5.41, 5.74) is 3.07. The van der Waals surface area contributed by atoms with E-state index in [9.17, 15) is 0 Å². The summed E-state index contributed by atoms with van der Waals surface area (Å²) >= 11 is 0. The van der Waals surface area contributed by atoms with Crippen LogP contribution in [0.25, 0.3) is 6.08 Å². The number of allylic oxidation sites excluding steroid dienone is 1. The normalized spacial score (nSPS) is 8.62. The Labute approximate surface area is 76.9 Å². The molecular formula is C10H9N3. The van der Waals surface area contributed by atoms with Crippen LogP contribution >= 0.6 is 0 Å². The Morgan fingerprint density at radius 3 is 2.38 bits per heavy atom. The molecule has 0 aliphatic rings. The molecule has 0 saturated carbocycles. The predicted octanol–water partition coefficient (Wildman–Crippen LogP) is 2.06. The maximum atomic E-state index is 8.56. The summed E-state index contributed by atoms with van der Waals surface area (Å²) in [6, 6.07) is 3.66. The average Bonchev–Trinajstić information content (AvgIpc) is 2.44. The average molecular weight is 171 g/mol. The van der Waals surface area contributed by atoms with E-state index in [2.05, 4.69) is 4.98 Å². The molecule has 0 atom stereocenters. The third-order valence-corrected chi connectivity index (χ3v) is 1.86. The van der Waals surface area contributed by atoms with Gasteiger partial charge in [0.25, 0.3) is 0 Å². The number of H-pyrrole nitrogens is 1. The van der Waals surface area contributed by atoms with E-state index in [1.807, 2.05) is 32.2 Å². The molecule has 64 valence electrons. The van der Waals surface area contributed by atoms with Crippen molar-refractivity contribution in [3.05, 3.63) is 28.6 Å². The first-order chi connectivity index (χ1) is 6.19. The van der Waals surface area contributed by atoms with Crippen LogP contribution in [-0.2, 0) is 0 Å². The molecule has 1 heterocycles. The summed E-state index contributed by atoms with van der Waals surface area (Å²) in [5.74, 6) is 0. The van der Waals surface area contributed by atoms with Crippen LogP contribution in [0.4, 0.5) is 0 Å². The maximum absolute atomic E-state index is 8.56. The highest BCUT2D eigenvalue weighted by Crippen LogP contribution is 2.15. The van der Waals surface area contributed by atoms with Gasteiger partial charge in [0.05, 0.1) is 0 Å². The fourth-order valence-corrected chi connectivity index (χ4v) is 1.12. The van der Waals surface area contributed by atoms with E-state index in [4.69, 9.17) is 10.5 Å². The Balaban J connectivity index is 3.20. The van der Waals surface area contributed by atoms with E-state index >= 15 is 0 Å². The van der Waals surface area contributed by atoms with Gasteiger partial charge in [-0.25, -0.2) is 0 Å². The smallest absolute Gasteiger partial charge is 0.130 e. The second kappa shape index (κ2) is 3.60. The van der Waals surface area contributed by atoms with Crippen molar-refractivity contribution in [1.82, 2.24) is 4.98 Å². The summed E-state index contributed by atoms with van der Waals surface area (Å²) in [6.45, 7) is 3.84. The number of hydrogen-bond donors (Lipinski definition) is 1. The van der Waals surface area contributed by atoms with E-state index in [1.54, 1.807) is 6.08 Å². The predicted molar refractivity (Wildman–Crippen MR) is 49.5 cm³/mol. The Hall–Kier alpha value is -2.00. The fourth-order valence-electron chi connectivity index (χ4n) is 1.12. The molecule has 0 radical (unpaired) electrons. The van der Waals surface area contributed by atoms with Crippen molar-refractivity contribution >= 4 is 6.08 Å². The minimum Gasteiger partial charge on any atom is -0.364 e. The van der Waals surface area contributed by atoms with Crippen LogP contribution in [0.1, 0.15) is 16.8 Å². The molecule has 0 unspecified atom stereocenters. The zero-order valence-corrected chi connectivity index (χ0v) is 7.55. The van der Waals surface area contributed by atoms with Crippen LogP contribution in [0.5, 0.6) is 0 Å². The molecule has 3 heteroatoms. The number of nitrogens with one attached hydrogen (secondary N) is 1. The van der Waals surface area contributed by atoms with Crippen molar-refractivity contribution in [3.8, 4) is 12.1 Å². The first-order valence-corrected chi connectivity index (χ1v) is 3.85. The number of rotatable bonds is 1. The van der Waals surface area contributed by atoms with E-state index in [0.29, 0.717) is 0 Å². The van der Waals surface area contributed by atoms with Crippen LogP contribution in [0.15, 0.2) is 11.8 Å². The highest BCUT2D eigenvalue weighted by Gasteiger charge is 2.02. The lowest BCUT2D eigenvalue weighted by atomic mass is 10.1. The van der Waals surface area contributed by atoms with Crippen molar-refractivity contribution in [2.45, 2.75) is 13.8 Å². The molecule has 1 N–H and O–H groups in total. The van der Waals surface area contributed by atoms with Crippen molar-refractivity contribution in [2.24, 2.45) is 0 Å². The van der Waals surface area contributed by atoms with Gasteiger partial charge in [-0.15, -0.1) is 0 Å². The molecule has 1 aromatic heterocycles. The Kier molecular flexibility index (Phi) is 2.52. The highest BCUT2D eigenvalue weighted by atomic mass is 14.7. The number of aromatic nitrogens is 1. The number of hydrogen-bond acceptors (Lipinski definition) is 2. The molecule has 0 spiro atoms. The van der Waals surface area contributed by atoms with Crippen LogP contribution in [0, 0.1) is 36.5 Å². The molecule has 0 saturated heterocycles. The van der Waals surface area contributed by atoms with Gasteiger partial charge in [-0.05, 0) is 31.1 Å². The molecule has 13 heavy (non-hydrogen) atoms. The number of aryl methyl sites for hydroxylation is 2. The van der Waals surface area contributed by atoms with Gasteiger partial charge >= 0.3 is 0 Å². The standard InChI is InChI=1S/C10H9N3/c1-7-6-13-8(2)10(7)3-9(4-11)5-12/h3,6,13H,1-2H3. The van der Waals surface area contributed by atoms with Gasteiger partial charge in [-0.3, -0.25) is 0 Å². The lowest BCUT2D eigenvalue weighted by Gasteiger charge is -1.92. The van der Waals surface area contributed by atoms with Gasteiger partial charge in [-0.1, -0.05) is 0 Å². The van der Waals surface area contributed by atoms with Crippen molar-refractivity contribution in [1.29, 1.82) is 10.5 Å². The van der Waals surface area contributed by atoms with Crippen LogP contribution in [0.3, 0.4) is 0 Å². The Bertz CT molecular complexity index is 389. The van der Waals surface area contributed by atoms with Crippen LogP contribution < -0.4 is 0 Å².